The SMILES string of the molecule is C=C(C)[C@@H]1CC[C@]2(C(=O)N[C@@H]3C[C@H](C(=O)N[C@@H](CC(C)C)C(=O)O)C3(C)C)CC[C@]3(C)[C@H](CC[C@@H]4[C@@]5(C)CC[C@H](O)C(C)(C)[C@@H]5CC[C@]43C)[C@@H]12. The van der Waals surface area contributed by atoms with Gasteiger partial charge >= 0.3 is 5.97 Å². The Labute approximate surface area is 303 Å². The predicted molar refractivity (Wildman–Crippen MR) is 198 cm³/mol. The third-order valence-electron chi connectivity index (χ3n) is 17.7. The van der Waals surface area contributed by atoms with E-state index in [0.717, 1.165) is 44.9 Å². The van der Waals surface area contributed by atoms with Crippen LogP contribution in [0.5, 0.6) is 0 Å². The van der Waals surface area contributed by atoms with Crippen LogP contribution < -0.4 is 10.6 Å². The Bertz CT molecular complexity index is 1400. The lowest BCUT2D eigenvalue weighted by atomic mass is 9.32. The number of rotatable bonds is 8. The van der Waals surface area contributed by atoms with Gasteiger partial charge in [0.25, 0.3) is 0 Å². The fourth-order valence-corrected chi connectivity index (χ4v) is 14.4. The van der Waals surface area contributed by atoms with Gasteiger partial charge in [-0.1, -0.05) is 74.5 Å². The minimum Gasteiger partial charge on any atom is -0.480 e. The van der Waals surface area contributed by atoms with Gasteiger partial charge in [0, 0.05) is 12.0 Å². The minimum atomic E-state index is -0.997. The van der Waals surface area contributed by atoms with E-state index in [0.29, 0.717) is 36.5 Å². The third kappa shape index (κ3) is 5.30. The van der Waals surface area contributed by atoms with E-state index in [1.807, 2.05) is 27.7 Å². The Morgan fingerprint density at radius 2 is 1.50 bits per heavy atom. The Balaban J connectivity index is 1.23. The van der Waals surface area contributed by atoms with E-state index in [9.17, 15) is 24.6 Å². The average Bonchev–Trinajstić information content (AvgIpc) is 3.42. The molecule has 0 unspecified atom stereocenters. The lowest BCUT2D eigenvalue weighted by Gasteiger charge is -2.72. The highest BCUT2D eigenvalue weighted by Gasteiger charge is 2.72. The van der Waals surface area contributed by atoms with Crippen LogP contribution in [0.1, 0.15) is 146 Å². The monoisotopic (exact) mass is 695 g/mol. The van der Waals surface area contributed by atoms with Crippen LogP contribution in [0, 0.1) is 73.9 Å². The van der Waals surface area contributed by atoms with Crippen molar-refractivity contribution in [3.05, 3.63) is 12.2 Å². The topological polar surface area (TPSA) is 116 Å². The molecule has 282 valence electrons. The van der Waals surface area contributed by atoms with Gasteiger partial charge in [0.05, 0.1) is 11.5 Å². The van der Waals surface area contributed by atoms with Crippen molar-refractivity contribution < 1.29 is 24.6 Å². The number of hydrogen-bond acceptors (Lipinski definition) is 4. The summed E-state index contributed by atoms with van der Waals surface area (Å²) in [7, 11) is 0. The van der Waals surface area contributed by atoms with E-state index in [4.69, 9.17) is 0 Å². The summed E-state index contributed by atoms with van der Waals surface area (Å²) in [6.07, 6.45) is 11.3. The number of carboxylic acid groups (broad SMARTS) is 1. The van der Waals surface area contributed by atoms with Crippen molar-refractivity contribution in [2.24, 2.45) is 73.9 Å². The molecule has 6 aliphatic carbocycles. The molecular formula is C43H70N2O5. The van der Waals surface area contributed by atoms with E-state index in [2.05, 4.69) is 58.8 Å². The maximum Gasteiger partial charge on any atom is 0.326 e. The van der Waals surface area contributed by atoms with Gasteiger partial charge in [-0.2, -0.15) is 0 Å². The summed E-state index contributed by atoms with van der Waals surface area (Å²) in [4.78, 5) is 40.1. The largest absolute Gasteiger partial charge is 0.480 e. The molecule has 7 nitrogen and oxygen atoms in total. The number of fused-ring (bicyclic) bond motifs is 7. The standard InChI is InChI=1S/C43H70N2O5/c1-24(2)22-29(36(48)49)44-35(47)28-23-32(38(28,5)6)45-37(50)43-19-14-26(25(3)4)34(43)27-12-13-31-40(9)17-16-33(46)39(7,8)30(40)15-18-42(31,11)41(27,10)20-21-43/h24,26-34,46H,3,12-23H2,1-2,4-11H3,(H,44,47)(H,45,50)(H,48,49)/t26-,27+,28+,29-,30-,31+,32+,33-,34+,40-,41+,42+,43-/m0/s1. The molecule has 0 aliphatic heterocycles. The lowest BCUT2D eigenvalue weighted by Crippen LogP contribution is -2.68. The van der Waals surface area contributed by atoms with E-state index >= 15 is 0 Å². The van der Waals surface area contributed by atoms with Crippen molar-refractivity contribution in [2.45, 2.75) is 164 Å². The van der Waals surface area contributed by atoms with Crippen LogP contribution in [-0.4, -0.2) is 46.2 Å². The number of nitrogens with one attached hydrogen (secondary N) is 2. The van der Waals surface area contributed by atoms with Crippen LogP contribution in [-0.2, 0) is 14.4 Å². The van der Waals surface area contributed by atoms with Crippen LogP contribution >= 0.6 is 0 Å². The number of carbonyl (C=O) groups excluding carboxylic acids is 2. The molecule has 4 N–H and O–H groups in total. The highest BCUT2D eigenvalue weighted by Crippen LogP contribution is 2.77. The Kier molecular flexibility index (Phi) is 9.34. The molecule has 0 aromatic carbocycles. The molecule has 0 spiro atoms. The zero-order valence-electron chi connectivity index (χ0n) is 33.1. The summed E-state index contributed by atoms with van der Waals surface area (Å²) in [5, 5.41) is 27.2. The first kappa shape index (κ1) is 37.9. The summed E-state index contributed by atoms with van der Waals surface area (Å²) in [6.45, 7) is 27.2. The summed E-state index contributed by atoms with van der Waals surface area (Å²) in [6, 6.07) is -1.02. The normalized spacial score (nSPS) is 46.2. The summed E-state index contributed by atoms with van der Waals surface area (Å²) in [5.41, 5.74) is 0.791. The van der Waals surface area contributed by atoms with Crippen LogP contribution in [0.3, 0.4) is 0 Å². The van der Waals surface area contributed by atoms with Gasteiger partial charge in [0.15, 0.2) is 0 Å². The van der Waals surface area contributed by atoms with Crippen LogP contribution in [0.4, 0.5) is 0 Å². The highest BCUT2D eigenvalue weighted by atomic mass is 16.4. The van der Waals surface area contributed by atoms with Crippen LogP contribution in [0.2, 0.25) is 0 Å². The van der Waals surface area contributed by atoms with Crippen molar-refractivity contribution in [3.8, 4) is 0 Å². The molecule has 7 heteroatoms. The number of amides is 2. The molecular weight excluding hydrogens is 624 g/mol. The van der Waals surface area contributed by atoms with Gasteiger partial charge in [0.2, 0.25) is 11.8 Å². The maximum absolute atomic E-state index is 14.9. The second kappa shape index (κ2) is 12.3. The Morgan fingerprint density at radius 1 is 0.820 bits per heavy atom. The summed E-state index contributed by atoms with van der Waals surface area (Å²) >= 11 is 0. The molecule has 2 amide bonds. The fraction of sp³-hybridized carbons (Fsp3) is 0.884. The van der Waals surface area contributed by atoms with Crippen LogP contribution in [0.15, 0.2) is 12.2 Å². The second-order valence-corrected chi connectivity index (χ2v) is 20.9. The van der Waals surface area contributed by atoms with E-state index < -0.39 is 22.8 Å². The molecule has 0 aromatic rings. The first-order chi connectivity index (χ1) is 23.1. The van der Waals surface area contributed by atoms with Crippen molar-refractivity contribution in [1.29, 1.82) is 0 Å². The van der Waals surface area contributed by atoms with E-state index in [1.54, 1.807) is 0 Å². The molecule has 0 heterocycles. The van der Waals surface area contributed by atoms with Gasteiger partial charge in [-0.25, -0.2) is 4.79 Å². The first-order valence-electron chi connectivity index (χ1n) is 20.3. The zero-order valence-corrected chi connectivity index (χ0v) is 33.1. The Hall–Kier alpha value is -1.89. The first-order valence-corrected chi connectivity index (χ1v) is 20.3. The third-order valence-corrected chi connectivity index (χ3v) is 17.7. The molecule has 50 heavy (non-hydrogen) atoms. The maximum atomic E-state index is 14.9. The number of allylic oxidation sites excluding steroid dienone is 1. The van der Waals surface area contributed by atoms with Crippen LogP contribution in [0.25, 0.3) is 0 Å². The molecule has 0 bridgehead atoms. The molecule has 13 atom stereocenters. The van der Waals surface area contributed by atoms with Crippen molar-refractivity contribution in [1.82, 2.24) is 10.6 Å². The zero-order chi connectivity index (χ0) is 37.0. The number of aliphatic carboxylic acids is 1. The number of carbonyl (C=O) groups is 3. The molecule has 6 saturated carbocycles. The highest BCUT2D eigenvalue weighted by molar-refractivity contribution is 5.88. The van der Waals surface area contributed by atoms with Crippen molar-refractivity contribution >= 4 is 17.8 Å². The molecule has 0 saturated heterocycles. The second-order valence-electron chi connectivity index (χ2n) is 20.9. The van der Waals surface area contributed by atoms with Crippen molar-refractivity contribution in [2.75, 3.05) is 0 Å². The number of aliphatic hydroxyl groups excluding tert-OH is 1. The smallest absolute Gasteiger partial charge is 0.326 e. The lowest BCUT2D eigenvalue weighted by molar-refractivity contribution is -0.246. The quantitative estimate of drug-likeness (QED) is 0.192. The van der Waals surface area contributed by atoms with Crippen molar-refractivity contribution in [3.63, 3.8) is 0 Å². The van der Waals surface area contributed by atoms with E-state index in [1.165, 1.54) is 24.8 Å². The minimum absolute atomic E-state index is 0.0660. The van der Waals surface area contributed by atoms with Gasteiger partial charge in [0.1, 0.15) is 6.04 Å². The summed E-state index contributed by atoms with van der Waals surface area (Å²) < 4.78 is 0. The molecule has 6 aliphatic rings. The van der Waals surface area contributed by atoms with Gasteiger partial charge in [-0.15, -0.1) is 0 Å². The molecule has 0 radical (unpaired) electrons. The predicted octanol–water partition coefficient (Wildman–Crippen LogP) is 8.15. The van der Waals surface area contributed by atoms with E-state index in [-0.39, 0.29) is 63.4 Å². The average molecular weight is 695 g/mol. The van der Waals surface area contributed by atoms with Gasteiger partial charge in [-0.05, 0) is 147 Å². The number of carboxylic acids is 1. The number of hydrogen-bond donors (Lipinski definition) is 4. The van der Waals surface area contributed by atoms with Gasteiger partial charge in [-0.3, -0.25) is 9.59 Å². The fourth-order valence-electron chi connectivity index (χ4n) is 14.4. The molecule has 6 fully saturated rings. The molecule has 0 aromatic heterocycles. The Morgan fingerprint density at radius 3 is 2.10 bits per heavy atom. The van der Waals surface area contributed by atoms with Gasteiger partial charge < -0.3 is 20.8 Å². The molecule has 6 rings (SSSR count). The number of aliphatic hydroxyl groups is 1. The summed E-state index contributed by atoms with van der Waals surface area (Å²) in [5.74, 6) is 0.985.